The molecule has 180 valence electrons. The number of para-hydroxylation sites is 1. The van der Waals surface area contributed by atoms with Crippen molar-refractivity contribution in [3.05, 3.63) is 53.6 Å². The number of benzene rings is 2. The van der Waals surface area contributed by atoms with E-state index in [-0.39, 0.29) is 30.0 Å². The number of rotatable bonds is 9. The zero-order chi connectivity index (χ0) is 24.7. The molecule has 10 nitrogen and oxygen atoms in total. The molecule has 1 aliphatic rings. The van der Waals surface area contributed by atoms with Crippen LogP contribution >= 0.6 is 0 Å². The van der Waals surface area contributed by atoms with Gasteiger partial charge in [-0.1, -0.05) is 31.2 Å². The molecule has 1 fully saturated rings. The minimum Gasteiger partial charge on any atom is -0.496 e. The summed E-state index contributed by atoms with van der Waals surface area (Å²) < 4.78 is 15.5. The first-order chi connectivity index (χ1) is 16.4. The van der Waals surface area contributed by atoms with Crippen molar-refractivity contribution in [1.29, 1.82) is 0 Å². The molecule has 34 heavy (non-hydrogen) atoms. The third kappa shape index (κ3) is 5.64. The van der Waals surface area contributed by atoms with Crippen LogP contribution in [0.2, 0.25) is 0 Å². The Morgan fingerprint density at radius 1 is 1.03 bits per heavy atom. The summed E-state index contributed by atoms with van der Waals surface area (Å²) in [6.45, 7) is 1.41. The molecule has 3 amide bonds. The van der Waals surface area contributed by atoms with Crippen LogP contribution in [0, 0.1) is 5.92 Å². The predicted molar refractivity (Wildman–Crippen MR) is 122 cm³/mol. The van der Waals surface area contributed by atoms with Gasteiger partial charge in [-0.2, -0.15) is 0 Å². The van der Waals surface area contributed by atoms with E-state index < -0.39 is 36.2 Å². The van der Waals surface area contributed by atoms with Crippen molar-refractivity contribution >= 4 is 29.4 Å². The van der Waals surface area contributed by atoms with Gasteiger partial charge < -0.3 is 19.5 Å². The van der Waals surface area contributed by atoms with E-state index in [2.05, 4.69) is 10.7 Å². The van der Waals surface area contributed by atoms with Crippen LogP contribution in [0.25, 0.3) is 0 Å². The molecule has 3 rings (SSSR count). The molecule has 1 saturated heterocycles. The molecule has 0 saturated carbocycles. The third-order valence-corrected chi connectivity index (χ3v) is 5.37. The number of nitrogens with zero attached hydrogens (tertiary/aromatic N) is 1. The van der Waals surface area contributed by atoms with Crippen LogP contribution in [0.15, 0.2) is 42.5 Å². The quantitative estimate of drug-likeness (QED) is 0.538. The molecule has 0 radical (unpaired) electrons. The van der Waals surface area contributed by atoms with E-state index in [4.69, 9.17) is 14.2 Å². The Labute approximate surface area is 197 Å². The van der Waals surface area contributed by atoms with Crippen LogP contribution in [0.3, 0.4) is 0 Å². The zero-order valence-electron chi connectivity index (χ0n) is 19.3. The zero-order valence-corrected chi connectivity index (χ0v) is 19.3. The van der Waals surface area contributed by atoms with Crippen LogP contribution < -0.4 is 20.2 Å². The Hall–Kier alpha value is -4.08. The molecule has 0 aliphatic carbocycles. The lowest BCUT2D eigenvalue weighted by molar-refractivity contribution is -0.151. The molecule has 2 aromatic rings. The molecule has 0 aromatic heterocycles. The fraction of sp³-hybridized carbons (Fsp3) is 0.333. The third-order valence-electron chi connectivity index (χ3n) is 5.37. The summed E-state index contributed by atoms with van der Waals surface area (Å²) in [4.78, 5) is 49.8. The van der Waals surface area contributed by atoms with Crippen LogP contribution in [0.5, 0.6) is 11.5 Å². The lowest BCUT2D eigenvalue weighted by Gasteiger charge is -2.19. The van der Waals surface area contributed by atoms with Crippen LogP contribution in [0.4, 0.5) is 5.69 Å². The van der Waals surface area contributed by atoms with Crippen LogP contribution in [0.1, 0.15) is 29.3 Å². The van der Waals surface area contributed by atoms with Crippen molar-refractivity contribution in [3.8, 4) is 11.5 Å². The summed E-state index contributed by atoms with van der Waals surface area (Å²) in [6, 6.07) is 12.2. The molecule has 1 heterocycles. The average molecular weight is 469 g/mol. The van der Waals surface area contributed by atoms with E-state index in [1.165, 1.54) is 14.2 Å². The first-order valence-corrected chi connectivity index (χ1v) is 10.7. The minimum atomic E-state index is -0.817. The molecule has 0 unspecified atom stereocenters. The van der Waals surface area contributed by atoms with Gasteiger partial charge in [-0.25, -0.2) is 0 Å². The van der Waals surface area contributed by atoms with Crippen molar-refractivity contribution in [2.45, 2.75) is 19.8 Å². The van der Waals surface area contributed by atoms with Gasteiger partial charge in [0.25, 0.3) is 11.8 Å². The second kappa shape index (κ2) is 11.2. The number of aryl methyl sites for hydroxylation is 1. The fourth-order valence-corrected chi connectivity index (χ4v) is 3.62. The smallest absolute Gasteiger partial charge is 0.311 e. The second-order valence-corrected chi connectivity index (χ2v) is 7.55. The summed E-state index contributed by atoms with van der Waals surface area (Å²) in [7, 11) is 2.82. The van der Waals surface area contributed by atoms with Crippen molar-refractivity contribution in [3.63, 3.8) is 0 Å². The maximum Gasteiger partial charge on any atom is 0.311 e. The number of hydrogen-bond donors (Lipinski definition) is 2. The molecule has 1 atom stereocenters. The highest BCUT2D eigenvalue weighted by Gasteiger charge is 2.37. The Morgan fingerprint density at radius 3 is 2.35 bits per heavy atom. The van der Waals surface area contributed by atoms with Gasteiger partial charge in [-0.15, -0.1) is 0 Å². The average Bonchev–Trinajstić information content (AvgIpc) is 3.22. The van der Waals surface area contributed by atoms with Crippen molar-refractivity contribution < 1.29 is 33.4 Å². The van der Waals surface area contributed by atoms with Gasteiger partial charge in [0.15, 0.2) is 6.61 Å². The summed E-state index contributed by atoms with van der Waals surface area (Å²) in [5, 5.41) is 3.77. The Kier molecular flexibility index (Phi) is 8.07. The highest BCUT2D eigenvalue weighted by atomic mass is 16.5. The highest BCUT2D eigenvalue weighted by molar-refractivity contribution is 6.01. The molecular formula is C24H27N3O7. The normalized spacial score (nSPS) is 15.0. The predicted octanol–water partition coefficient (Wildman–Crippen LogP) is 1.94. The number of anilines is 1. The number of amides is 3. The van der Waals surface area contributed by atoms with Gasteiger partial charge in [-0.3, -0.25) is 29.6 Å². The summed E-state index contributed by atoms with van der Waals surface area (Å²) in [6.07, 6.45) is 0.588. The van der Waals surface area contributed by atoms with E-state index in [0.717, 1.165) is 17.0 Å². The van der Waals surface area contributed by atoms with Gasteiger partial charge >= 0.3 is 5.97 Å². The Morgan fingerprint density at radius 2 is 1.71 bits per heavy atom. The first-order valence-electron chi connectivity index (χ1n) is 10.7. The molecule has 1 aliphatic heterocycles. The van der Waals surface area contributed by atoms with Crippen LogP contribution in [-0.2, 0) is 25.5 Å². The number of nitrogens with one attached hydrogen (secondary N) is 2. The molecule has 0 spiro atoms. The van der Waals surface area contributed by atoms with Crippen LogP contribution in [-0.4, -0.2) is 56.1 Å². The molecule has 2 N–H and O–H groups in total. The van der Waals surface area contributed by atoms with Gasteiger partial charge in [-0.05, 0) is 30.2 Å². The summed E-state index contributed by atoms with van der Waals surface area (Å²) in [5.41, 5.74) is 4.22. The SMILES string of the molecule is CCc1ccccc1NC(=O)COC(=O)[C@@H]1CC(=O)N(NC(=O)c2c(OC)cccc2OC)C1. The minimum absolute atomic E-state index is 0.0822. The lowest BCUT2D eigenvalue weighted by atomic mass is 10.1. The molecular weight excluding hydrogens is 442 g/mol. The van der Waals surface area contributed by atoms with Gasteiger partial charge in [0.05, 0.1) is 26.7 Å². The number of hydrogen-bond acceptors (Lipinski definition) is 7. The summed E-state index contributed by atoms with van der Waals surface area (Å²) >= 11 is 0. The number of methoxy groups -OCH3 is 2. The monoisotopic (exact) mass is 469 g/mol. The van der Waals surface area contributed by atoms with Crippen molar-refractivity contribution in [1.82, 2.24) is 10.4 Å². The van der Waals surface area contributed by atoms with Gasteiger partial charge in [0.2, 0.25) is 5.91 Å². The first kappa shape index (κ1) is 24.6. The van der Waals surface area contributed by atoms with E-state index in [1.807, 2.05) is 19.1 Å². The van der Waals surface area contributed by atoms with Gasteiger partial charge in [0, 0.05) is 12.1 Å². The standard InChI is InChI=1S/C24H27N3O7/c1-4-15-8-5-6-9-17(15)25-20(28)14-34-24(31)16-12-21(29)27(13-16)26-23(30)22-18(32-2)10-7-11-19(22)33-3/h5-11,16H,4,12-14H2,1-3H3,(H,25,28)(H,26,30)/t16-/m1/s1. The number of esters is 1. The van der Waals surface area contributed by atoms with E-state index in [0.29, 0.717) is 5.69 Å². The van der Waals surface area contributed by atoms with E-state index >= 15 is 0 Å². The molecule has 2 aromatic carbocycles. The molecule has 0 bridgehead atoms. The Bertz CT molecular complexity index is 1060. The van der Waals surface area contributed by atoms with E-state index in [1.54, 1.807) is 30.3 Å². The number of ether oxygens (including phenoxy) is 3. The topological polar surface area (TPSA) is 123 Å². The second-order valence-electron chi connectivity index (χ2n) is 7.55. The number of carbonyl (C=O) groups is 4. The largest absolute Gasteiger partial charge is 0.496 e. The highest BCUT2D eigenvalue weighted by Crippen LogP contribution is 2.28. The lowest BCUT2D eigenvalue weighted by Crippen LogP contribution is -2.43. The number of carbonyl (C=O) groups excluding carboxylic acids is 4. The summed E-state index contributed by atoms with van der Waals surface area (Å²) in [5.74, 6) is -2.52. The fourth-order valence-electron chi connectivity index (χ4n) is 3.62. The van der Waals surface area contributed by atoms with E-state index in [9.17, 15) is 19.2 Å². The van der Waals surface area contributed by atoms with Crippen molar-refractivity contribution in [2.75, 3.05) is 32.7 Å². The maximum atomic E-state index is 12.8. The van der Waals surface area contributed by atoms with Gasteiger partial charge in [0.1, 0.15) is 17.1 Å². The number of hydrazine groups is 1. The molecule has 10 heteroatoms. The maximum absolute atomic E-state index is 12.8. The Balaban J connectivity index is 1.55. The van der Waals surface area contributed by atoms with Crippen molar-refractivity contribution in [2.24, 2.45) is 5.92 Å².